The molecule has 0 amide bonds. The van der Waals surface area contributed by atoms with E-state index in [0.717, 1.165) is 13.1 Å². The van der Waals surface area contributed by atoms with Crippen LogP contribution in [-0.4, -0.2) is 23.5 Å². The van der Waals surface area contributed by atoms with E-state index in [2.05, 4.69) is 23.5 Å². The molecule has 0 unspecified atom stereocenters. The monoisotopic (exact) mass is 192 g/mol. The van der Waals surface area contributed by atoms with Gasteiger partial charge in [0.15, 0.2) is 0 Å². The van der Waals surface area contributed by atoms with Gasteiger partial charge in [-0.1, -0.05) is 19.9 Å². The van der Waals surface area contributed by atoms with Crippen LogP contribution in [-0.2, 0) is 6.54 Å². The molecule has 0 saturated carbocycles. The Bertz CT molecular complexity index is 231. The molecule has 0 atom stereocenters. The summed E-state index contributed by atoms with van der Waals surface area (Å²) in [6, 6.07) is 4.05. The SMILES string of the molecule is C=CCN(C)Cc1ccncc1.CC. The molecule has 14 heavy (non-hydrogen) atoms. The lowest BCUT2D eigenvalue weighted by Crippen LogP contribution is -2.17. The van der Waals surface area contributed by atoms with Crippen LogP contribution in [0.2, 0.25) is 0 Å². The van der Waals surface area contributed by atoms with Gasteiger partial charge in [-0.15, -0.1) is 6.58 Å². The highest BCUT2D eigenvalue weighted by Gasteiger charge is 1.95. The minimum Gasteiger partial charge on any atom is -0.298 e. The van der Waals surface area contributed by atoms with Crippen molar-refractivity contribution < 1.29 is 0 Å². The van der Waals surface area contributed by atoms with Gasteiger partial charge in [-0.2, -0.15) is 0 Å². The molecule has 1 aromatic rings. The van der Waals surface area contributed by atoms with E-state index in [1.807, 2.05) is 44.4 Å². The van der Waals surface area contributed by atoms with Gasteiger partial charge in [-0.25, -0.2) is 0 Å². The van der Waals surface area contributed by atoms with Crippen LogP contribution < -0.4 is 0 Å². The molecule has 78 valence electrons. The number of aromatic nitrogens is 1. The Morgan fingerprint density at radius 3 is 2.43 bits per heavy atom. The number of rotatable bonds is 4. The molecular weight excluding hydrogens is 172 g/mol. The first kappa shape index (κ1) is 12.8. The van der Waals surface area contributed by atoms with Crippen molar-refractivity contribution in [2.75, 3.05) is 13.6 Å². The second-order valence-electron chi connectivity index (χ2n) is 2.84. The lowest BCUT2D eigenvalue weighted by atomic mass is 10.2. The molecule has 0 N–H and O–H groups in total. The first-order chi connectivity index (χ1) is 6.83. The third-order valence-electron chi connectivity index (χ3n) is 1.64. The van der Waals surface area contributed by atoms with Crippen LogP contribution in [0, 0.1) is 0 Å². The Balaban J connectivity index is 0.000000791. The van der Waals surface area contributed by atoms with Crippen LogP contribution in [0.15, 0.2) is 37.2 Å². The summed E-state index contributed by atoms with van der Waals surface area (Å²) >= 11 is 0. The highest BCUT2D eigenvalue weighted by molar-refractivity contribution is 5.09. The Hall–Kier alpha value is -1.15. The number of hydrogen-bond acceptors (Lipinski definition) is 2. The summed E-state index contributed by atoms with van der Waals surface area (Å²) in [7, 11) is 2.07. The summed E-state index contributed by atoms with van der Waals surface area (Å²) in [5.74, 6) is 0. The van der Waals surface area contributed by atoms with Gasteiger partial charge in [-0.05, 0) is 24.7 Å². The maximum atomic E-state index is 3.96. The van der Waals surface area contributed by atoms with Crippen LogP contribution >= 0.6 is 0 Å². The molecule has 0 aliphatic heterocycles. The zero-order valence-corrected chi connectivity index (χ0v) is 9.40. The summed E-state index contributed by atoms with van der Waals surface area (Å²) in [5, 5.41) is 0. The molecule has 0 fully saturated rings. The van der Waals surface area contributed by atoms with Crippen LogP contribution in [0.4, 0.5) is 0 Å². The van der Waals surface area contributed by atoms with Gasteiger partial charge in [-0.3, -0.25) is 9.88 Å². The smallest absolute Gasteiger partial charge is 0.0271 e. The van der Waals surface area contributed by atoms with Crippen LogP contribution in [0.5, 0.6) is 0 Å². The van der Waals surface area contributed by atoms with Gasteiger partial charge < -0.3 is 0 Å². The van der Waals surface area contributed by atoms with Crippen LogP contribution in [0.25, 0.3) is 0 Å². The van der Waals surface area contributed by atoms with Crippen molar-refractivity contribution >= 4 is 0 Å². The first-order valence-electron chi connectivity index (χ1n) is 5.01. The maximum absolute atomic E-state index is 3.96. The largest absolute Gasteiger partial charge is 0.298 e. The molecule has 0 saturated heterocycles. The Morgan fingerprint density at radius 1 is 1.36 bits per heavy atom. The molecule has 0 aliphatic rings. The lowest BCUT2D eigenvalue weighted by Gasteiger charge is -2.13. The summed E-state index contributed by atoms with van der Waals surface area (Å²) in [4.78, 5) is 6.16. The van der Waals surface area contributed by atoms with Gasteiger partial charge in [0.1, 0.15) is 0 Å². The second kappa shape index (κ2) is 8.45. The molecule has 0 aliphatic carbocycles. The van der Waals surface area contributed by atoms with E-state index in [4.69, 9.17) is 0 Å². The van der Waals surface area contributed by atoms with Crippen molar-refractivity contribution in [3.8, 4) is 0 Å². The van der Waals surface area contributed by atoms with E-state index in [1.165, 1.54) is 5.56 Å². The molecule has 1 heterocycles. The molecule has 2 heteroatoms. The molecule has 0 aromatic carbocycles. The molecular formula is C12H20N2. The molecule has 2 nitrogen and oxygen atoms in total. The number of nitrogens with zero attached hydrogens (tertiary/aromatic N) is 2. The average molecular weight is 192 g/mol. The van der Waals surface area contributed by atoms with Crippen LogP contribution in [0.1, 0.15) is 19.4 Å². The number of likely N-dealkylation sites (N-methyl/N-ethyl adjacent to an activating group) is 1. The van der Waals surface area contributed by atoms with Gasteiger partial charge in [0.25, 0.3) is 0 Å². The third kappa shape index (κ3) is 5.49. The Kier molecular flexibility index (Phi) is 7.75. The van der Waals surface area contributed by atoms with Gasteiger partial charge in [0.05, 0.1) is 0 Å². The minimum atomic E-state index is 0.919. The van der Waals surface area contributed by atoms with E-state index >= 15 is 0 Å². The highest BCUT2D eigenvalue weighted by Crippen LogP contribution is 2.00. The number of pyridine rings is 1. The fourth-order valence-electron chi connectivity index (χ4n) is 1.08. The van der Waals surface area contributed by atoms with Gasteiger partial charge in [0, 0.05) is 25.5 Å². The number of hydrogen-bond donors (Lipinski definition) is 0. The quantitative estimate of drug-likeness (QED) is 0.682. The predicted octanol–water partition coefficient (Wildman–Crippen LogP) is 2.73. The molecule has 1 aromatic heterocycles. The fourth-order valence-corrected chi connectivity index (χ4v) is 1.08. The van der Waals surface area contributed by atoms with Crippen LogP contribution in [0.3, 0.4) is 0 Å². The summed E-state index contributed by atoms with van der Waals surface area (Å²) in [5.41, 5.74) is 1.29. The van der Waals surface area contributed by atoms with Crippen molar-refractivity contribution in [3.05, 3.63) is 42.7 Å². The predicted molar refractivity (Wildman–Crippen MR) is 62.1 cm³/mol. The molecule has 0 radical (unpaired) electrons. The van der Waals surface area contributed by atoms with E-state index in [0.29, 0.717) is 0 Å². The first-order valence-corrected chi connectivity index (χ1v) is 5.01. The van der Waals surface area contributed by atoms with Gasteiger partial charge >= 0.3 is 0 Å². The lowest BCUT2D eigenvalue weighted by molar-refractivity contribution is 0.363. The standard InChI is InChI=1S/C10H14N2.C2H6/c1-3-8-12(2)9-10-4-6-11-7-5-10;1-2/h3-7H,1,8-9H2,2H3;1-2H3. The van der Waals surface area contributed by atoms with Crippen molar-refractivity contribution in [2.24, 2.45) is 0 Å². The summed E-state index contributed by atoms with van der Waals surface area (Å²) < 4.78 is 0. The summed E-state index contributed by atoms with van der Waals surface area (Å²) in [6.45, 7) is 9.56. The normalized spacial score (nSPS) is 9.14. The van der Waals surface area contributed by atoms with Crippen molar-refractivity contribution in [1.29, 1.82) is 0 Å². The zero-order chi connectivity index (χ0) is 10.8. The summed E-state index contributed by atoms with van der Waals surface area (Å²) in [6.07, 6.45) is 5.54. The Labute approximate surface area is 87.3 Å². The zero-order valence-electron chi connectivity index (χ0n) is 9.40. The third-order valence-corrected chi connectivity index (χ3v) is 1.64. The Morgan fingerprint density at radius 2 is 1.93 bits per heavy atom. The fraction of sp³-hybridized carbons (Fsp3) is 0.417. The van der Waals surface area contributed by atoms with Crippen molar-refractivity contribution in [2.45, 2.75) is 20.4 Å². The van der Waals surface area contributed by atoms with Crippen molar-refractivity contribution in [3.63, 3.8) is 0 Å². The highest BCUT2D eigenvalue weighted by atomic mass is 15.1. The molecule has 1 rings (SSSR count). The van der Waals surface area contributed by atoms with E-state index < -0.39 is 0 Å². The van der Waals surface area contributed by atoms with Gasteiger partial charge in [0.2, 0.25) is 0 Å². The minimum absolute atomic E-state index is 0.919. The van der Waals surface area contributed by atoms with E-state index in [-0.39, 0.29) is 0 Å². The average Bonchev–Trinajstić information content (AvgIpc) is 2.22. The topological polar surface area (TPSA) is 16.1 Å². The second-order valence-corrected chi connectivity index (χ2v) is 2.84. The van der Waals surface area contributed by atoms with E-state index in [1.54, 1.807) is 0 Å². The molecule has 0 bridgehead atoms. The molecule has 0 spiro atoms. The maximum Gasteiger partial charge on any atom is 0.0271 e. The van der Waals surface area contributed by atoms with E-state index in [9.17, 15) is 0 Å². The van der Waals surface area contributed by atoms with Crippen molar-refractivity contribution in [1.82, 2.24) is 9.88 Å².